The molecule has 0 spiro atoms. The van der Waals surface area contributed by atoms with Gasteiger partial charge in [-0.2, -0.15) is 0 Å². The maximum Gasteiger partial charge on any atom is 0.0618 e. The van der Waals surface area contributed by atoms with E-state index in [1.165, 1.54) is 91.7 Å². The maximum absolute atomic E-state index is 2.51. The van der Waals surface area contributed by atoms with Crippen LogP contribution in [0, 0.1) is 0 Å². The lowest BCUT2D eigenvalue weighted by Gasteiger charge is -2.19. The number of thiophene rings is 1. The van der Waals surface area contributed by atoms with Crippen LogP contribution >= 0.6 is 11.3 Å². The molecule has 238 valence electrons. The molecule has 11 aromatic rings. The second-order valence-corrected chi connectivity index (χ2v) is 14.4. The molecular weight excluding hydrogens is 637 g/mol. The van der Waals surface area contributed by atoms with Crippen LogP contribution in [0.1, 0.15) is 0 Å². The minimum Gasteiger partial charge on any atom is -0.309 e. The highest BCUT2D eigenvalue weighted by molar-refractivity contribution is 7.25. The summed E-state index contributed by atoms with van der Waals surface area (Å²) in [6.07, 6.45) is 0. The molecule has 0 saturated heterocycles. The topological polar surface area (TPSA) is 9.86 Å². The largest absolute Gasteiger partial charge is 0.309 e. The van der Waals surface area contributed by atoms with E-state index in [1.807, 2.05) is 11.3 Å². The Kier molecular flexibility index (Phi) is 6.16. The summed E-state index contributed by atoms with van der Waals surface area (Å²) < 4.78 is 7.56. The van der Waals surface area contributed by atoms with Gasteiger partial charge in [-0.15, -0.1) is 11.3 Å². The summed E-state index contributed by atoms with van der Waals surface area (Å²) >= 11 is 1.87. The highest BCUT2D eigenvalue weighted by atomic mass is 32.1. The molecular formula is C48H30N2S. The number of hydrogen-bond donors (Lipinski definition) is 0. The van der Waals surface area contributed by atoms with Gasteiger partial charge in [-0.1, -0.05) is 127 Å². The Balaban J connectivity index is 1.22. The van der Waals surface area contributed by atoms with E-state index in [0.717, 1.165) is 5.69 Å². The Bertz CT molecular complexity index is 3090. The molecule has 3 heteroatoms. The average molecular weight is 667 g/mol. The number of nitrogens with zero attached hydrogens (tertiary/aromatic N) is 2. The van der Waals surface area contributed by atoms with Gasteiger partial charge in [0.25, 0.3) is 0 Å². The first-order valence-electron chi connectivity index (χ1n) is 17.4. The first kappa shape index (κ1) is 28.4. The van der Waals surface area contributed by atoms with Crippen LogP contribution in [0.5, 0.6) is 0 Å². The number of benzene rings is 8. The van der Waals surface area contributed by atoms with Crippen LogP contribution in [0.4, 0.5) is 0 Å². The lowest BCUT2D eigenvalue weighted by molar-refractivity contribution is 1.17. The Hall–Kier alpha value is -6.42. The quantitative estimate of drug-likeness (QED) is 0.177. The summed E-state index contributed by atoms with van der Waals surface area (Å²) in [6.45, 7) is 0. The smallest absolute Gasteiger partial charge is 0.0618 e. The van der Waals surface area contributed by atoms with Crippen molar-refractivity contribution in [1.29, 1.82) is 0 Å². The summed E-state index contributed by atoms with van der Waals surface area (Å²) in [5, 5.41) is 7.64. The monoisotopic (exact) mass is 666 g/mol. The van der Waals surface area contributed by atoms with Crippen molar-refractivity contribution in [2.45, 2.75) is 0 Å². The van der Waals surface area contributed by atoms with E-state index in [4.69, 9.17) is 0 Å². The van der Waals surface area contributed by atoms with E-state index in [-0.39, 0.29) is 0 Å². The van der Waals surface area contributed by atoms with E-state index in [0.29, 0.717) is 0 Å². The Morgan fingerprint density at radius 2 is 0.863 bits per heavy atom. The molecule has 0 N–H and O–H groups in total. The number of aromatic nitrogens is 2. The van der Waals surface area contributed by atoms with Crippen molar-refractivity contribution in [2.24, 2.45) is 0 Å². The second-order valence-electron chi connectivity index (χ2n) is 13.3. The zero-order valence-electron chi connectivity index (χ0n) is 27.6. The van der Waals surface area contributed by atoms with Gasteiger partial charge in [-0.25, -0.2) is 0 Å². The predicted octanol–water partition coefficient (Wildman–Crippen LogP) is 13.6. The molecule has 0 atom stereocenters. The molecule has 8 aromatic carbocycles. The van der Waals surface area contributed by atoms with E-state index < -0.39 is 0 Å². The van der Waals surface area contributed by atoms with Gasteiger partial charge in [-0.3, -0.25) is 0 Å². The predicted molar refractivity (Wildman–Crippen MR) is 219 cm³/mol. The van der Waals surface area contributed by atoms with Crippen LogP contribution in [0.15, 0.2) is 182 Å². The number of fused-ring (bicyclic) bond motifs is 9. The van der Waals surface area contributed by atoms with E-state index in [2.05, 4.69) is 191 Å². The Labute approximate surface area is 298 Å². The average Bonchev–Trinajstić information content (AvgIpc) is 3.85. The third kappa shape index (κ3) is 4.22. The van der Waals surface area contributed by atoms with Gasteiger partial charge >= 0.3 is 0 Å². The molecule has 51 heavy (non-hydrogen) atoms. The third-order valence-electron chi connectivity index (χ3n) is 10.5. The zero-order valence-corrected chi connectivity index (χ0v) is 28.4. The summed E-state index contributed by atoms with van der Waals surface area (Å²) in [5.41, 5.74) is 12.0. The summed E-state index contributed by atoms with van der Waals surface area (Å²) in [6, 6.07) is 66.8. The fourth-order valence-electron chi connectivity index (χ4n) is 8.30. The molecule has 0 fully saturated rings. The third-order valence-corrected chi connectivity index (χ3v) is 11.7. The van der Waals surface area contributed by atoms with Crippen molar-refractivity contribution in [3.63, 3.8) is 0 Å². The van der Waals surface area contributed by atoms with Gasteiger partial charge in [-0.05, 0) is 65.7 Å². The van der Waals surface area contributed by atoms with Gasteiger partial charge in [0.05, 0.1) is 27.8 Å². The van der Waals surface area contributed by atoms with E-state index in [1.54, 1.807) is 0 Å². The van der Waals surface area contributed by atoms with Crippen molar-refractivity contribution >= 4 is 75.1 Å². The second kappa shape index (κ2) is 11.0. The SMILES string of the molecule is c1ccc(-c2cccc(-c3ccc4sc5ccccc5c4c3)c2-n2c3ccccc3c3cc(-n4c5ccccc5c5ccccc54)ccc32)cc1. The molecule has 0 bridgehead atoms. The normalized spacial score (nSPS) is 11.9. The number of hydrogen-bond acceptors (Lipinski definition) is 1. The standard InChI is InChI=1S/C48H30N2S/c1-2-13-31(14-3-1)34-19-12-20-35(32-25-28-47-41(29-32)39-18-7-11-24-46(39)51-47)48(34)50-44-23-10-6-17-38(44)40-30-33(26-27-45(40)50)49-42-21-8-4-15-36(42)37-16-5-9-22-43(37)49/h1-30H. The first-order chi connectivity index (χ1) is 25.3. The summed E-state index contributed by atoms with van der Waals surface area (Å²) in [7, 11) is 0. The number of rotatable bonds is 4. The van der Waals surface area contributed by atoms with E-state index >= 15 is 0 Å². The van der Waals surface area contributed by atoms with Crippen LogP contribution in [-0.2, 0) is 0 Å². The fourth-order valence-corrected chi connectivity index (χ4v) is 9.39. The Morgan fingerprint density at radius 3 is 1.59 bits per heavy atom. The maximum atomic E-state index is 2.51. The highest BCUT2D eigenvalue weighted by Crippen LogP contribution is 2.44. The van der Waals surface area contributed by atoms with Gasteiger partial charge in [0.2, 0.25) is 0 Å². The van der Waals surface area contributed by atoms with Crippen LogP contribution in [0.25, 0.3) is 97.4 Å². The molecule has 0 radical (unpaired) electrons. The van der Waals surface area contributed by atoms with E-state index in [9.17, 15) is 0 Å². The van der Waals surface area contributed by atoms with Crippen LogP contribution < -0.4 is 0 Å². The molecule has 0 aliphatic heterocycles. The van der Waals surface area contributed by atoms with Crippen LogP contribution in [0.3, 0.4) is 0 Å². The molecule has 0 unspecified atom stereocenters. The minimum atomic E-state index is 1.16. The van der Waals surface area contributed by atoms with Gasteiger partial charge in [0.15, 0.2) is 0 Å². The molecule has 11 rings (SSSR count). The Morgan fingerprint density at radius 1 is 0.314 bits per heavy atom. The zero-order chi connectivity index (χ0) is 33.5. The van der Waals surface area contributed by atoms with Crippen molar-refractivity contribution in [3.05, 3.63) is 182 Å². The van der Waals surface area contributed by atoms with Gasteiger partial charge in [0, 0.05) is 58.5 Å². The number of para-hydroxylation sites is 4. The highest BCUT2D eigenvalue weighted by Gasteiger charge is 2.21. The molecule has 3 heterocycles. The lowest BCUT2D eigenvalue weighted by Crippen LogP contribution is -2.01. The van der Waals surface area contributed by atoms with Gasteiger partial charge in [0.1, 0.15) is 0 Å². The molecule has 0 amide bonds. The fraction of sp³-hybridized carbons (Fsp3) is 0. The van der Waals surface area contributed by atoms with Gasteiger partial charge < -0.3 is 9.13 Å². The van der Waals surface area contributed by atoms with Crippen LogP contribution in [-0.4, -0.2) is 9.13 Å². The molecule has 0 aliphatic rings. The van der Waals surface area contributed by atoms with Crippen LogP contribution in [0.2, 0.25) is 0 Å². The summed E-state index contributed by atoms with van der Waals surface area (Å²) in [5.74, 6) is 0. The molecule has 3 aromatic heterocycles. The molecule has 0 saturated carbocycles. The molecule has 0 aliphatic carbocycles. The van der Waals surface area contributed by atoms with Crippen molar-refractivity contribution in [1.82, 2.24) is 9.13 Å². The minimum absolute atomic E-state index is 1.16. The van der Waals surface area contributed by atoms with Crippen molar-refractivity contribution in [2.75, 3.05) is 0 Å². The first-order valence-corrected chi connectivity index (χ1v) is 18.3. The molecule has 2 nitrogen and oxygen atoms in total. The summed E-state index contributed by atoms with van der Waals surface area (Å²) in [4.78, 5) is 0. The van der Waals surface area contributed by atoms with Crippen molar-refractivity contribution < 1.29 is 0 Å². The van der Waals surface area contributed by atoms with Crippen molar-refractivity contribution in [3.8, 4) is 33.6 Å². The lowest BCUT2D eigenvalue weighted by atomic mass is 9.94.